The molecule has 16 heavy (non-hydrogen) atoms. The highest BCUT2D eigenvalue weighted by Crippen LogP contribution is 2.24. The lowest BCUT2D eigenvalue weighted by atomic mass is 10.1. The van der Waals surface area contributed by atoms with Crippen LogP contribution in [-0.2, 0) is 0 Å². The molecule has 0 N–H and O–H groups in total. The van der Waals surface area contributed by atoms with Gasteiger partial charge in [0.05, 0.1) is 22.5 Å². The number of nitrogens with zero attached hydrogens (tertiary/aromatic N) is 1. The van der Waals surface area contributed by atoms with Gasteiger partial charge in [-0.1, -0.05) is 11.6 Å². The third kappa shape index (κ3) is 2.23. The summed E-state index contributed by atoms with van der Waals surface area (Å²) in [4.78, 5) is 16.5. The first-order valence-electron chi connectivity index (χ1n) is 4.50. The Labute approximate surface area is 102 Å². The van der Waals surface area contributed by atoms with Crippen LogP contribution in [0, 0.1) is 0 Å². The molecule has 0 bridgehead atoms. The first-order valence-corrected chi connectivity index (χ1v) is 5.69. The lowest BCUT2D eigenvalue weighted by Crippen LogP contribution is -1.99. The van der Waals surface area contributed by atoms with Crippen LogP contribution in [0.2, 0.25) is 4.34 Å². The smallest absolute Gasteiger partial charge is 0.204 e. The van der Waals surface area contributed by atoms with Crippen molar-refractivity contribution >= 4 is 28.7 Å². The molecule has 5 heteroatoms. The van der Waals surface area contributed by atoms with E-state index in [1.54, 1.807) is 24.4 Å². The zero-order valence-electron chi connectivity index (χ0n) is 8.44. The van der Waals surface area contributed by atoms with Gasteiger partial charge in [0, 0.05) is 11.8 Å². The van der Waals surface area contributed by atoms with Crippen molar-refractivity contribution in [2.75, 3.05) is 7.11 Å². The van der Waals surface area contributed by atoms with E-state index >= 15 is 0 Å². The molecule has 0 fully saturated rings. The number of aromatic nitrogens is 1. The van der Waals surface area contributed by atoms with Crippen molar-refractivity contribution in [1.82, 2.24) is 4.98 Å². The van der Waals surface area contributed by atoms with E-state index in [1.807, 2.05) is 0 Å². The van der Waals surface area contributed by atoms with Crippen molar-refractivity contribution in [1.29, 1.82) is 0 Å². The number of pyridine rings is 1. The van der Waals surface area contributed by atoms with Crippen molar-refractivity contribution in [3.05, 3.63) is 45.4 Å². The van der Waals surface area contributed by atoms with Crippen LogP contribution in [0.4, 0.5) is 0 Å². The van der Waals surface area contributed by atoms with E-state index in [2.05, 4.69) is 4.98 Å². The van der Waals surface area contributed by atoms with E-state index in [9.17, 15) is 4.79 Å². The molecule has 82 valence electrons. The summed E-state index contributed by atoms with van der Waals surface area (Å²) in [6.45, 7) is 0. The summed E-state index contributed by atoms with van der Waals surface area (Å²) in [6, 6.07) is 5.06. The minimum atomic E-state index is -0.0942. The molecular formula is C11H8ClNO2S. The van der Waals surface area contributed by atoms with Crippen LogP contribution in [0.3, 0.4) is 0 Å². The van der Waals surface area contributed by atoms with E-state index in [1.165, 1.54) is 24.6 Å². The molecule has 0 aliphatic carbocycles. The number of hydrogen-bond acceptors (Lipinski definition) is 4. The average Bonchev–Trinajstić information content (AvgIpc) is 2.75. The van der Waals surface area contributed by atoms with Gasteiger partial charge < -0.3 is 4.74 Å². The molecule has 0 aromatic carbocycles. The van der Waals surface area contributed by atoms with Crippen LogP contribution >= 0.6 is 22.9 Å². The highest BCUT2D eigenvalue weighted by atomic mass is 35.5. The fourth-order valence-corrected chi connectivity index (χ4v) is 2.24. The summed E-state index contributed by atoms with van der Waals surface area (Å²) in [7, 11) is 1.53. The summed E-state index contributed by atoms with van der Waals surface area (Å²) >= 11 is 7.03. The number of rotatable bonds is 3. The molecule has 0 saturated heterocycles. The van der Waals surface area contributed by atoms with E-state index < -0.39 is 0 Å². The van der Waals surface area contributed by atoms with Crippen LogP contribution in [-0.4, -0.2) is 17.9 Å². The van der Waals surface area contributed by atoms with Crippen molar-refractivity contribution in [2.24, 2.45) is 0 Å². The summed E-state index contributed by atoms with van der Waals surface area (Å²) in [6.07, 6.45) is 3.07. The Morgan fingerprint density at radius 2 is 2.25 bits per heavy atom. The number of carbonyl (C=O) groups excluding carboxylic acids is 1. The van der Waals surface area contributed by atoms with Crippen LogP contribution in [0.15, 0.2) is 30.6 Å². The molecule has 0 radical (unpaired) electrons. The van der Waals surface area contributed by atoms with Crippen molar-refractivity contribution < 1.29 is 9.53 Å². The van der Waals surface area contributed by atoms with Crippen LogP contribution in [0.25, 0.3) is 0 Å². The highest BCUT2D eigenvalue weighted by molar-refractivity contribution is 7.18. The Morgan fingerprint density at radius 1 is 1.44 bits per heavy atom. The number of methoxy groups -OCH3 is 1. The summed E-state index contributed by atoms with van der Waals surface area (Å²) in [5.74, 6) is 0.469. The van der Waals surface area contributed by atoms with Gasteiger partial charge in [0.2, 0.25) is 5.78 Å². The predicted molar refractivity (Wildman–Crippen MR) is 63.6 cm³/mol. The highest BCUT2D eigenvalue weighted by Gasteiger charge is 2.12. The molecule has 0 spiro atoms. The molecule has 2 heterocycles. The Morgan fingerprint density at radius 3 is 2.88 bits per heavy atom. The monoisotopic (exact) mass is 253 g/mol. The SMILES string of the molecule is COc1cncc(C(=O)c2ccc(Cl)s2)c1. The van der Waals surface area contributed by atoms with Crippen molar-refractivity contribution in [3.63, 3.8) is 0 Å². The molecule has 2 rings (SSSR count). The van der Waals surface area contributed by atoms with E-state index in [4.69, 9.17) is 16.3 Å². The van der Waals surface area contributed by atoms with E-state index in [0.29, 0.717) is 20.5 Å². The zero-order chi connectivity index (χ0) is 11.5. The summed E-state index contributed by atoms with van der Waals surface area (Å²) in [5.41, 5.74) is 0.498. The number of halogens is 1. The van der Waals surface area contributed by atoms with Crippen molar-refractivity contribution in [3.8, 4) is 5.75 Å². The van der Waals surface area contributed by atoms with E-state index in [0.717, 1.165) is 0 Å². The third-order valence-corrected chi connectivity index (χ3v) is 3.24. The van der Waals surface area contributed by atoms with E-state index in [-0.39, 0.29) is 5.78 Å². The molecule has 0 amide bonds. The number of ether oxygens (including phenoxy) is 1. The van der Waals surface area contributed by atoms with Crippen LogP contribution in [0.1, 0.15) is 15.2 Å². The van der Waals surface area contributed by atoms with Gasteiger partial charge in [-0.3, -0.25) is 9.78 Å². The Bertz CT molecular complexity index is 524. The second-order valence-corrected chi connectivity index (χ2v) is 4.76. The van der Waals surface area contributed by atoms with Gasteiger partial charge in [-0.25, -0.2) is 0 Å². The predicted octanol–water partition coefficient (Wildman–Crippen LogP) is 3.04. The van der Waals surface area contributed by atoms with Crippen LogP contribution < -0.4 is 4.74 Å². The normalized spacial score (nSPS) is 10.1. The maximum atomic E-state index is 12.0. The second-order valence-electron chi connectivity index (χ2n) is 3.05. The standard InChI is InChI=1S/C11H8ClNO2S/c1-15-8-4-7(5-13-6-8)11(14)9-2-3-10(12)16-9/h2-6H,1H3. The molecule has 0 atom stereocenters. The summed E-state index contributed by atoms with van der Waals surface area (Å²) in [5, 5.41) is 0. The summed E-state index contributed by atoms with van der Waals surface area (Å²) < 4.78 is 5.61. The minimum absolute atomic E-state index is 0.0942. The first-order chi connectivity index (χ1) is 7.70. The Hall–Kier alpha value is -1.39. The maximum absolute atomic E-state index is 12.0. The first kappa shape index (κ1) is 11.1. The number of carbonyl (C=O) groups is 1. The van der Waals surface area contributed by atoms with Gasteiger partial charge in [-0.15, -0.1) is 11.3 Å². The fraction of sp³-hybridized carbons (Fsp3) is 0.0909. The molecule has 0 unspecified atom stereocenters. The van der Waals surface area contributed by atoms with Gasteiger partial charge in [0.25, 0.3) is 0 Å². The van der Waals surface area contributed by atoms with Crippen molar-refractivity contribution in [2.45, 2.75) is 0 Å². The molecule has 0 aliphatic rings. The zero-order valence-corrected chi connectivity index (χ0v) is 10.0. The maximum Gasteiger partial charge on any atom is 0.204 e. The van der Waals surface area contributed by atoms with Gasteiger partial charge in [-0.05, 0) is 18.2 Å². The fourth-order valence-electron chi connectivity index (χ4n) is 1.23. The van der Waals surface area contributed by atoms with Gasteiger partial charge in [0.1, 0.15) is 5.75 Å². The lowest BCUT2D eigenvalue weighted by molar-refractivity contribution is 0.104. The minimum Gasteiger partial charge on any atom is -0.495 e. The largest absolute Gasteiger partial charge is 0.495 e. The Kier molecular flexibility index (Phi) is 3.22. The van der Waals surface area contributed by atoms with Gasteiger partial charge in [-0.2, -0.15) is 0 Å². The van der Waals surface area contributed by atoms with Gasteiger partial charge in [0.15, 0.2) is 0 Å². The molecule has 3 nitrogen and oxygen atoms in total. The van der Waals surface area contributed by atoms with Gasteiger partial charge >= 0.3 is 0 Å². The molecule has 2 aromatic rings. The number of ketones is 1. The number of hydrogen-bond donors (Lipinski definition) is 0. The lowest BCUT2D eigenvalue weighted by Gasteiger charge is -2.01. The molecular weight excluding hydrogens is 246 g/mol. The molecule has 0 saturated carbocycles. The van der Waals surface area contributed by atoms with Crippen LogP contribution in [0.5, 0.6) is 5.75 Å². The number of thiophene rings is 1. The topological polar surface area (TPSA) is 39.2 Å². The quantitative estimate of drug-likeness (QED) is 0.790. The average molecular weight is 254 g/mol. The Balaban J connectivity index is 2.33. The second kappa shape index (κ2) is 4.63. The molecule has 0 aliphatic heterocycles. The molecule has 2 aromatic heterocycles. The third-order valence-electron chi connectivity index (χ3n) is 2.01.